The number of pyridine rings is 2. The molecule has 37 heavy (non-hydrogen) atoms. The number of carbonyl (C=O) groups excluding carboxylic acids is 1. The van der Waals surface area contributed by atoms with Gasteiger partial charge in [-0.1, -0.05) is 36.4 Å². The van der Waals surface area contributed by atoms with Crippen molar-refractivity contribution in [2.24, 2.45) is 10.2 Å². The van der Waals surface area contributed by atoms with Gasteiger partial charge in [-0.05, 0) is 43.2 Å². The summed E-state index contributed by atoms with van der Waals surface area (Å²) in [5.74, 6) is -0.958. The van der Waals surface area contributed by atoms with Gasteiger partial charge in [0.25, 0.3) is 5.91 Å². The Hall–Kier alpha value is -4.10. The van der Waals surface area contributed by atoms with Crippen molar-refractivity contribution in [3.8, 4) is 5.75 Å². The summed E-state index contributed by atoms with van der Waals surface area (Å²) in [6, 6.07) is 16.8. The van der Waals surface area contributed by atoms with E-state index in [1.165, 1.54) is 18.3 Å². The van der Waals surface area contributed by atoms with Crippen LogP contribution in [0.1, 0.15) is 21.6 Å². The average Bonchev–Trinajstić information content (AvgIpc) is 2.88. The number of amides is 1. The number of carbonyl (C=O) groups is 1. The maximum Gasteiger partial charge on any atom is 0.274 e. The van der Waals surface area contributed by atoms with Crippen LogP contribution in [-0.2, 0) is 17.7 Å². The largest absolute Gasteiger partial charge is 0.504 e. The molecule has 0 saturated heterocycles. The Kier molecular flexibility index (Phi) is 6.48. The van der Waals surface area contributed by atoms with Gasteiger partial charge in [0, 0.05) is 42.1 Å². The van der Waals surface area contributed by atoms with Crippen LogP contribution in [-0.4, -0.2) is 51.6 Å². The van der Waals surface area contributed by atoms with Crippen molar-refractivity contribution >= 4 is 35.5 Å². The minimum absolute atomic E-state index is 0.0699. The molecule has 0 fully saturated rings. The van der Waals surface area contributed by atoms with Gasteiger partial charge in [-0.3, -0.25) is 9.78 Å². The summed E-state index contributed by atoms with van der Waals surface area (Å²) in [5, 5.41) is 21.0. The molecule has 3 heterocycles. The molecule has 1 N–H and O–H groups in total. The molecule has 188 valence electrons. The molecular weight excluding hydrogens is 492 g/mol. The Bertz CT molecular complexity index is 1660. The fourth-order valence-corrected chi connectivity index (χ4v) is 5.67. The quantitative estimate of drug-likeness (QED) is 0.248. The van der Waals surface area contributed by atoms with Crippen molar-refractivity contribution in [1.82, 2.24) is 14.5 Å². The van der Waals surface area contributed by atoms with Crippen LogP contribution in [0.25, 0.3) is 10.9 Å². The van der Waals surface area contributed by atoms with Gasteiger partial charge >= 0.3 is 0 Å². The van der Waals surface area contributed by atoms with Gasteiger partial charge in [0.2, 0.25) is 0 Å². The molecule has 0 saturated carbocycles. The fourth-order valence-electron chi connectivity index (χ4n) is 4.47. The number of rotatable bonds is 5. The lowest BCUT2D eigenvalue weighted by Crippen LogP contribution is -2.44. The SMILES string of the molecule is CP(C)(=O)c1ccccc1/C=N/N=c1\c2cccnc2c(O)c2n1CCN(Cc1ccc(F)cc1)C2=O. The van der Waals surface area contributed by atoms with Gasteiger partial charge in [0.1, 0.15) is 18.5 Å². The molecule has 0 aliphatic carbocycles. The first kappa shape index (κ1) is 24.6. The van der Waals surface area contributed by atoms with Gasteiger partial charge in [-0.25, -0.2) is 4.39 Å². The smallest absolute Gasteiger partial charge is 0.274 e. The summed E-state index contributed by atoms with van der Waals surface area (Å²) < 4.78 is 27.7. The third-order valence-corrected chi connectivity index (χ3v) is 7.83. The van der Waals surface area contributed by atoms with E-state index in [-0.39, 0.29) is 35.2 Å². The van der Waals surface area contributed by atoms with Gasteiger partial charge in [0.05, 0.1) is 6.21 Å². The molecule has 0 unspecified atom stereocenters. The second-order valence-corrected chi connectivity index (χ2v) is 12.4. The van der Waals surface area contributed by atoms with E-state index in [1.54, 1.807) is 53.3 Å². The van der Waals surface area contributed by atoms with Crippen LogP contribution in [0.2, 0.25) is 0 Å². The lowest BCUT2D eigenvalue weighted by atomic mass is 10.1. The van der Waals surface area contributed by atoms with Gasteiger partial charge in [-0.15, -0.1) is 5.10 Å². The Morgan fingerprint density at radius 2 is 1.84 bits per heavy atom. The molecule has 2 aromatic carbocycles. The standard InChI is InChI=1S/C27H25FN5O3P/c1-37(2,36)22-8-4-3-6-19(22)16-30-31-26-21-7-5-13-29-23(21)25(34)24-27(35)32(14-15-33(24)26)17-18-9-11-20(28)12-10-18/h3-13,16,34H,14-15,17H2,1-2H3/b30-16+,31-26+. The Morgan fingerprint density at radius 3 is 2.59 bits per heavy atom. The third kappa shape index (κ3) is 4.82. The predicted octanol–water partition coefficient (Wildman–Crippen LogP) is 3.72. The zero-order chi connectivity index (χ0) is 26.2. The maximum absolute atomic E-state index is 13.5. The molecule has 5 rings (SSSR count). The topological polar surface area (TPSA) is 100 Å². The highest BCUT2D eigenvalue weighted by Crippen LogP contribution is 2.35. The fraction of sp³-hybridized carbons (Fsp3) is 0.185. The van der Waals surface area contributed by atoms with E-state index in [0.29, 0.717) is 34.8 Å². The summed E-state index contributed by atoms with van der Waals surface area (Å²) >= 11 is 0. The molecule has 1 aliphatic heterocycles. The normalized spacial score (nSPS) is 14.5. The van der Waals surface area contributed by atoms with E-state index in [1.807, 2.05) is 24.3 Å². The second kappa shape index (κ2) is 9.75. The Morgan fingerprint density at radius 1 is 1.08 bits per heavy atom. The van der Waals surface area contributed by atoms with Crippen LogP contribution in [0.5, 0.6) is 5.75 Å². The molecule has 2 aromatic heterocycles. The lowest BCUT2D eigenvalue weighted by molar-refractivity contribution is 0.0681. The van der Waals surface area contributed by atoms with E-state index >= 15 is 0 Å². The molecule has 0 spiro atoms. The van der Waals surface area contributed by atoms with E-state index in [4.69, 9.17) is 0 Å². The number of halogens is 1. The number of nitrogens with zero attached hydrogens (tertiary/aromatic N) is 5. The minimum atomic E-state index is -2.53. The predicted molar refractivity (Wildman–Crippen MR) is 141 cm³/mol. The summed E-state index contributed by atoms with van der Waals surface area (Å²) in [7, 11) is -2.53. The first-order valence-electron chi connectivity index (χ1n) is 11.7. The molecule has 8 nitrogen and oxygen atoms in total. The second-order valence-electron chi connectivity index (χ2n) is 9.18. The monoisotopic (exact) mass is 517 g/mol. The number of benzene rings is 2. The zero-order valence-corrected chi connectivity index (χ0v) is 21.3. The van der Waals surface area contributed by atoms with Crippen LogP contribution in [0, 0.1) is 5.82 Å². The van der Waals surface area contributed by atoms with Crippen molar-refractivity contribution in [2.45, 2.75) is 13.1 Å². The highest BCUT2D eigenvalue weighted by molar-refractivity contribution is 7.70. The number of aromatic nitrogens is 2. The van der Waals surface area contributed by atoms with Gasteiger partial charge in [0.15, 0.2) is 16.9 Å². The molecular formula is C27H25FN5O3P. The van der Waals surface area contributed by atoms with Crippen molar-refractivity contribution < 1.29 is 18.9 Å². The summed E-state index contributed by atoms with van der Waals surface area (Å²) in [4.78, 5) is 19.4. The van der Waals surface area contributed by atoms with Crippen LogP contribution in [0.3, 0.4) is 0 Å². The summed E-state index contributed by atoms with van der Waals surface area (Å²) in [6.07, 6.45) is 3.08. The highest BCUT2D eigenvalue weighted by Gasteiger charge is 2.30. The maximum atomic E-state index is 13.5. The van der Waals surface area contributed by atoms with E-state index in [9.17, 15) is 18.9 Å². The summed E-state index contributed by atoms with van der Waals surface area (Å²) in [6.45, 7) is 4.40. The first-order valence-corrected chi connectivity index (χ1v) is 14.3. The van der Waals surface area contributed by atoms with Crippen molar-refractivity contribution in [1.29, 1.82) is 0 Å². The van der Waals surface area contributed by atoms with E-state index in [0.717, 1.165) is 5.56 Å². The number of fused-ring (bicyclic) bond motifs is 2. The molecule has 0 atom stereocenters. The molecule has 1 aliphatic rings. The van der Waals surface area contributed by atoms with Crippen molar-refractivity contribution in [3.05, 3.63) is 95.0 Å². The Balaban J connectivity index is 1.60. The Labute approximate surface area is 212 Å². The lowest BCUT2D eigenvalue weighted by Gasteiger charge is -2.31. The number of hydrogen-bond donors (Lipinski definition) is 1. The average molecular weight is 518 g/mol. The minimum Gasteiger partial charge on any atom is -0.504 e. The number of hydrogen-bond acceptors (Lipinski definition) is 6. The van der Waals surface area contributed by atoms with Gasteiger partial charge < -0.3 is 19.1 Å². The molecule has 1 amide bonds. The van der Waals surface area contributed by atoms with Crippen molar-refractivity contribution in [3.63, 3.8) is 0 Å². The third-order valence-electron chi connectivity index (χ3n) is 6.26. The van der Waals surface area contributed by atoms with Crippen LogP contribution in [0.4, 0.5) is 4.39 Å². The van der Waals surface area contributed by atoms with Crippen molar-refractivity contribution in [2.75, 3.05) is 19.9 Å². The molecule has 10 heteroatoms. The zero-order valence-electron chi connectivity index (χ0n) is 20.4. The van der Waals surface area contributed by atoms with Gasteiger partial charge in [-0.2, -0.15) is 5.10 Å². The number of aromatic hydroxyl groups is 1. The van der Waals surface area contributed by atoms with E-state index < -0.39 is 7.14 Å². The molecule has 4 aromatic rings. The van der Waals surface area contributed by atoms with Crippen LogP contribution in [0.15, 0.2) is 77.1 Å². The first-order chi connectivity index (χ1) is 17.7. The molecule has 0 radical (unpaired) electrons. The highest BCUT2D eigenvalue weighted by atomic mass is 31.2. The van der Waals surface area contributed by atoms with Crippen LogP contribution < -0.4 is 10.8 Å². The van der Waals surface area contributed by atoms with E-state index in [2.05, 4.69) is 15.2 Å². The summed E-state index contributed by atoms with van der Waals surface area (Å²) in [5.41, 5.74) is 2.17. The molecule has 0 bridgehead atoms. The van der Waals surface area contributed by atoms with Crippen LogP contribution >= 0.6 is 7.14 Å².